The lowest BCUT2D eigenvalue weighted by Gasteiger charge is -2.29. The molecule has 0 radical (unpaired) electrons. The first kappa shape index (κ1) is 16.8. The first-order valence-electron chi connectivity index (χ1n) is 6.06. The van der Waals surface area contributed by atoms with E-state index in [2.05, 4.69) is 23.6 Å². The molecule has 4 nitrogen and oxygen atoms in total. The third-order valence-corrected chi connectivity index (χ3v) is 6.75. The van der Waals surface area contributed by atoms with Crippen LogP contribution in [0.15, 0.2) is 23.2 Å². The molecule has 0 aromatic carbocycles. The van der Waals surface area contributed by atoms with E-state index < -0.39 is 10.0 Å². The highest BCUT2D eigenvalue weighted by Gasteiger charge is 2.28. The summed E-state index contributed by atoms with van der Waals surface area (Å²) in [6.07, 6.45) is 5.26. The number of hydrogen-bond donors (Lipinski definition) is 1. The molecule has 0 saturated heterocycles. The van der Waals surface area contributed by atoms with Crippen LogP contribution in [0.3, 0.4) is 0 Å². The average Bonchev–Trinajstić information content (AvgIpc) is 2.41. The summed E-state index contributed by atoms with van der Waals surface area (Å²) >= 11 is 7.51. The highest BCUT2D eigenvalue weighted by molar-refractivity contribution is 8.00. The molecule has 0 spiro atoms. The van der Waals surface area contributed by atoms with Crippen molar-refractivity contribution in [3.63, 3.8) is 0 Å². The number of thioether (sulfide) groups is 1. The SMILES string of the molecule is CCC(CC)(CNS(=O)(=O)c1cccnc1Cl)SC. The van der Waals surface area contributed by atoms with E-state index >= 15 is 0 Å². The quantitative estimate of drug-likeness (QED) is 0.784. The monoisotopic (exact) mass is 322 g/mol. The molecule has 1 aromatic heterocycles. The fraction of sp³-hybridized carbons (Fsp3) is 0.583. The first-order valence-corrected chi connectivity index (χ1v) is 9.14. The molecule has 1 N–H and O–H groups in total. The summed E-state index contributed by atoms with van der Waals surface area (Å²) in [6, 6.07) is 3.01. The average molecular weight is 323 g/mol. The lowest BCUT2D eigenvalue weighted by molar-refractivity contribution is 0.522. The van der Waals surface area contributed by atoms with Crippen molar-refractivity contribution in [1.29, 1.82) is 0 Å². The predicted octanol–water partition coefficient (Wildman–Crippen LogP) is 2.94. The van der Waals surface area contributed by atoms with Crippen LogP contribution >= 0.6 is 23.4 Å². The van der Waals surface area contributed by atoms with E-state index in [1.54, 1.807) is 17.8 Å². The molecule has 0 aliphatic heterocycles. The molecular weight excluding hydrogens is 304 g/mol. The van der Waals surface area contributed by atoms with Crippen molar-refractivity contribution in [1.82, 2.24) is 9.71 Å². The number of rotatable bonds is 7. The van der Waals surface area contributed by atoms with Crippen LogP contribution in [-0.2, 0) is 10.0 Å². The Hall–Kier alpha value is -0.300. The lowest BCUT2D eigenvalue weighted by atomic mass is 10.0. The number of aromatic nitrogens is 1. The summed E-state index contributed by atoms with van der Waals surface area (Å²) in [5.74, 6) is 0. The van der Waals surface area contributed by atoms with Gasteiger partial charge in [0.25, 0.3) is 0 Å². The van der Waals surface area contributed by atoms with Crippen molar-refractivity contribution in [3.8, 4) is 0 Å². The molecule has 7 heteroatoms. The molecule has 0 saturated carbocycles. The van der Waals surface area contributed by atoms with Crippen LogP contribution < -0.4 is 4.72 Å². The van der Waals surface area contributed by atoms with Gasteiger partial charge in [0.1, 0.15) is 10.0 Å². The van der Waals surface area contributed by atoms with Gasteiger partial charge in [-0.1, -0.05) is 25.4 Å². The molecule has 1 heterocycles. The number of nitrogens with zero attached hydrogens (tertiary/aromatic N) is 1. The van der Waals surface area contributed by atoms with E-state index in [9.17, 15) is 8.42 Å². The van der Waals surface area contributed by atoms with Crippen molar-refractivity contribution in [2.45, 2.75) is 36.3 Å². The summed E-state index contributed by atoms with van der Waals surface area (Å²) in [5.41, 5.74) is 0. The highest BCUT2D eigenvalue weighted by Crippen LogP contribution is 2.30. The Morgan fingerprint density at radius 3 is 2.53 bits per heavy atom. The molecule has 0 unspecified atom stereocenters. The number of halogens is 1. The Balaban J connectivity index is 2.90. The van der Waals surface area contributed by atoms with Crippen LogP contribution in [0.25, 0.3) is 0 Å². The van der Waals surface area contributed by atoms with Crippen LogP contribution in [0.2, 0.25) is 5.15 Å². The van der Waals surface area contributed by atoms with Gasteiger partial charge in [-0.05, 0) is 31.2 Å². The van der Waals surface area contributed by atoms with E-state index in [4.69, 9.17) is 11.6 Å². The molecule has 0 fully saturated rings. The second kappa shape index (κ2) is 6.92. The van der Waals surface area contributed by atoms with Gasteiger partial charge in [0.05, 0.1) is 0 Å². The van der Waals surface area contributed by atoms with E-state index in [-0.39, 0.29) is 14.8 Å². The maximum absolute atomic E-state index is 12.2. The Labute approximate surface area is 124 Å². The van der Waals surface area contributed by atoms with Crippen molar-refractivity contribution < 1.29 is 8.42 Å². The summed E-state index contributed by atoms with van der Waals surface area (Å²) < 4.78 is 27.0. The highest BCUT2D eigenvalue weighted by atomic mass is 35.5. The molecule has 19 heavy (non-hydrogen) atoms. The number of nitrogens with one attached hydrogen (secondary N) is 1. The van der Waals surface area contributed by atoms with Gasteiger partial charge in [-0.3, -0.25) is 0 Å². The molecular formula is C12H19ClN2O2S2. The fourth-order valence-corrected chi connectivity index (χ4v) is 4.20. The summed E-state index contributed by atoms with van der Waals surface area (Å²) in [7, 11) is -3.61. The lowest BCUT2D eigenvalue weighted by Crippen LogP contribution is -2.39. The van der Waals surface area contributed by atoms with Gasteiger partial charge >= 0.3 is 0 Å². The van der Waals surface area contributed by atoms with E-state index in [0.29, 0.717) is 6.54 Å². The van der Waals surface area contributed by atoms with Crippen molar-refractivity contribution in [3.05, 3.63) is 23.5 Å². The van der Waals surface area contributed by atoms with Crippen molar-refractivity contribution >= 4 is 33.4 Å². The van der Waals surface area contributed by atoms with Crippen molar-refractivity contribution in [2.24, 2.45) is 0 Å². The molecule has 0 atom stereocenters. The standard InChI is InChI=1S/C12H19ClN2O2S2/c1-4-12(5-2,18-3)9-15-19(16,17)10-7-6-8-14-11(10)13/h6-8,15H,4-5,9H2,1-3H3. The van der Waals surface area contributed by atoms with Crippen LogP contribution in [0.5, 0.6) is 0 Å². The van der Waals surface area contributed by atoms with Gasteiger partial charge in [-0.25, -0.2) is 18.1 Å². The minimum absolute atomic E-state index is 0.00208. The summed E-state index contributed by atoms with van der Waals surface area (Å²) in [5, 5.41) is -0.00208. The van der Waals surface area contributed by atoms with Crippen LogP contribution in [0.4, 0.5) is 0 Å². The molecule has 0 amide bonds. The number of hydrogen-bond acceptors (Lipinski definition) is 4. The van der Waals surface area contributed by atoms with Crippen molar-refractivity contribution in [2.75, 3.05) is 12.8 Å². The largest absolute Gasteiger partial charge is 0.243 e. The Kier molecular flexibility index (Phi) is 6.11. The van der Waals surface area contributed by atoms with Gasteiger partial charge in [0, 0.05) is 17.5 Å². The van der Waals surface area contributed by atoms with Crippen LogP contribution in [0.1, 0.15) is 26.7 Å². The molecule has 0 aliphatic carbocycles. The predicted molar refractivity (Wildman–Crippen MR) is 81.3 cm³/mol. The molecule has 0 bridgehead atoms. The zero-order chi connectivity index (χ0) is 14.5. The van der Waals surface area contributed by atoms with E-state index in [1.165, 1.54) is 12.3 Å². The topological polar surface area (TPSA) is 59.1 Å². The molecule has 0 aliphatic rings. The smallest absolute Gasteiger partial charge is 0.243 e. The fourth-order valence-electron chi connectivity index (χ4n) is 1.74. The van der Waals surface area contributed by atoms with Gasteiger partial charge in [-0.15, -0.1) is 0 Å². The van der Waals surface area contributed by atoms with Gasteiger partial charge < -0.3 is 0 Å². The van der Waals surface area contributed by atoms with E-state index in [1.807, 2.05) is 6.26 Å². The van der Waals surface area contributed by atoms with Gasteiger partial charge in [-0.2, -0.15) is 11.8 Å². The molecule has 1 aromatic rings. The van der Waals surface area contributed by atoms with Crippen LogP contribution in [-0.4, -0.2) is 30.9 Å². The maximum atomic E-state index is 12.2. The zero-order valence-corrected chi connectivity index (χ0v) is 13.7. The maximum Gasteiger partial charge on any atom is 0.243 e. The summed E-state index contributed by atoms with van der Waals surface area (Å²) in [6.45, 7) is 4.51. The van der Waals surface area contributed by atoms with E-state index in [0.717, 1.165) is 12.8 Å². The Morgan fingerprint density at radius 2 is 2.05 bits per heavy atom. The normalized spacial score (nSPS) is 12.6. The molecule has 1 rings (SSSR count). The third kappa shape index (κ3) is 4.08. The minimum Gasteiger partial charge on any atom is -0.243 e. The zero-order valence-electron chi connectivity index (χ0n) is 11.3. The van der Waals surface area contributed by atoms with Gasteiger partial charge in [0.15, 0.2) is 0 Å². The number of pyridine rings is 1. The van der Waals surface area contributed by atoms with Crippen LogP contribution in [0, 0.1) is 0 Å². The Bertz CT molecular complexity index is 508. The second-order valence-corrected chi connectivity index (χ2v) is 7.58. The second-order valence-electron chi connectivity index (χ2n) is 4.21. The summed E-state index contributed by atoms with van der Waals surface area (Å²) in [4.78, 5) is 3.82. The van der Waals surface area contributed by atoms with Gasteiger partial charge in [0.2, 0.25) is 10.0 Å². The first-order chi connectivity index (χ1) is 8.90. The Morgan fingerprint density at radius 1 is 1.42 bits per heavy atom. The number of sulfonamides is 1. The minimum atomic E-state index is -3.61. The molecule has 108 valence electrons. The third-order valence-electron chi connectivity index (χ3n) is 3.32.